The molecule has 4 aromatic rings. The number of para-hydroxylation sites is 2. The molecule has 0 saturated carbocycles. The predicted molar refractivity (Wildman–Crippen MR) is 121 cm³/mol. The molecule has 0 aliphatic carbocycles. The Labute approximate surface area is 185 Å². The van der Waals surface area contributed by atoms with Crippen LogP contribution in [0.2, 0.25) is 0 Å². The Morgan fingerprint density at radius 2 is 1.94 bits per heavy atom. The summed E-state index contributed by atoms with van der Waals surface area (Å²) in [6, 6.07) is 17.1. The maximum Gasteiger partial charge on any atom is 0.260 e. The number of nitrogens with one attached hydrogen (secondary N) is 1. The highest BCUT2D eigenvalue weighted by Gasteiger charge is 2.15. The molecular weight excluding hydrogens is 408 g/mol. The Morgan fingerprint density at radius 1 is 1.12 bits per heavy atom. The Hall–Kier alpha value is -4.07. The number of hydrogen-bond acceptors (Lipinski definition) is 6. The fraction of sp³-hybridized carbons (Fsp3) is 0.208. The van der Waals surface area contributed by atoms with Gasteiger partial charge in [0.2, 0.25) is 0 Å². The number of benzene rings is 2. The van der Waals surface area contributed by atoms with Crippen LogP contribution < -0.4 is 14.9 Å². The highest BCUT2D eigenvalue weighted by molar-refractivity contribution is 5.82. The van der Waals surface area contributed by atoms with Crippen LogP contribution >= 0.6 is 0 Å². The first-order chi connectivity index (χ1) is 15.6. The molecule has 0 unspecified atom stereocenters. The summed E-state index contributed by atoms with van der Waals surface area (Å²) in [5.41, 5.74) is 5.25. The first kappa shape index (κ1) is 21.2. The molecule has 0 aliphatic rings. The lowest BCUT2D eigenvalue weighted by Gasteiger charge is -2.11. The molecule has 8 heteroatoms. The fourth-order valence-corrected chi connectivity index (χ4v) is 3.48. The van der Waals surface area contributed by atoms with E-state index in [0.29, 0.717) is 23.7 Å². The fourth-order valence-electron chi connectivity index (χ4n) is 3.48. The smallest absolute Gasteiger partial charge is 0.260 e. The molecule has 0 fully saturated rings. The number of aryl methyl sites for hydroxylation is 1. The van der Waals surface area contributed by atoms with Gasteiger partial charge in [0, 0.05) is 6.42 Å². The van der Waals surface area contributed by atoms with Crippen LogP contribution in [0.25, 0.3) is 11.0 Å². The number of methoxy groups -OCH3 is 2. The quantitative estimate of drug-likeness (QED) is 0.339. The van der Waals surface area contributed by atoms with Crippen molar-refractivity contribution in [3.63, 3.8) is 0 Å². The summed E-state index contributed by atoms with van der Waals surface area (Å²) in [5, 5.41) is 3.99. The number of hydrogen-bond donors (Lipinski definition) is 1. The Bertz CT molecular complexity index is 1270. The third-order valence-corrected chi connectivity index (χ3v) is 4.99. The molecule has 4 rings (SSSR count). The van der Waals surface area contributed by atoms with Crippen LogP contribution in [0.15, 0.2) is 64.1 Å². The van der Waals surface area contributed by atoms with Crippen molar-refractivity contribution in [2.45, 2.75) is 19.9 Å². The Balaban J connectivity index is 1.56. The van der Waals surface area contributed by atoms with Gasteiger partial charge in [-0.1, -0.05) is 18.2 Å². The van der Waals surface area contributed by atoms with Crippen LogP contribution in [0.5, 0.6) is 11.5 Å². The molecule has 0 saturated heterocycles. The first-order valence-corrected chi connectivity index (χ1v) is 10.1. The lowest BCUT2D eigenvalue weighted by molar-refractivity contribution is -0.121. The number of nitrogens with zero attached hydrogens (tertiary/aromatic N) is 3. The van der Waals surface area contributed by atoms with Gasteiger partial charge < -0.3 is 18.5 Å². The second-order valence-electron chi connectivity index (χ2n) is 7.21. The highest BCUT2D eigenvalue weighted by atomic mass is 16.5. The Kier molecular flexibility index (Phi) is 6.21. The summed E-state index contributed by atoms with van der Waals surface area (Å²) in [4.78, 5) is 17.3. The number of imidazole rings is 1. The lowest BCUT2D eigenvalue weighted by atomic mass is 10.1. The standard InChI is InChI=1S/C24H24N4O4/c1-16-8-10-18(32-16)14-25-27-24(29)15-28-20-7-5-4-6-19(20)26-23(28)13-17-9-11-21(30-2)22(12-17)31-3/h4-12,14H,13,15H2,1-3H3,(H,27,29)/b25-14-. The number of furan rings is 1. The molecule has 0 spiro atoms. The average Bonchev–Trinajstić information content (AvgIpc) is 3.36. The number of fused-ring (bicyclic) bond motifs is 1. The van der Waals surface area contributed by atoms with Gasteiger partial charge in [-0.3, -0.25) is 4.79 Å². The van der Waals surface area contributed by atoms with Gasteiger partial charge in [-0.25, -0.2) is 10.4 Å². The zero-order valence-electron chi connectivity index (χ0n) is 18.2. The van der Waals surface area contributed by atoms with Crippen molar-refractivity contribution in [1.29, 1.82) is 0 Å². The summed E-state index contributed by atoms with van der Waals surface area (Å²) >= 11 is 0. The predicted octanol–water partition coefficient (Wildman–Crippen LogP) is 3.70. The molecule has 1 N–H and O–H groups in total. The number of aromatic nitrogens is 2. The monoisotopic (exact) mass is 432 g/mol. The van der Waals surface area contributed by atoms with Crippen molar-refractivity contribution in [2.24, 2.45) is 5.10 Å². The van der Waals surface area contributed by atoms with E-state index < -0.39 is 0 Å². The zero-order chi connectivity index (χ0) is 22.5. The van der Waals surface area contributed by atoms with Gasteiger partial charge in [0.1, 0.15) is 23.9 Å². The third kappa shape index (κ3) is 4.64. The van der Waals surface area contributed by atoms with Gasteiger partial charge in [0.05, 0.1) is 31.5 Å². The van der Waals surface area contributed by atoms with E-state index in [9.17, 15) is 4.79 Å². The zero-order valence-corrected chi connectivity index (χ0v) is 18.2. The normalized spacial score (nSPS) is 11.2. The summed E-state index contributed by atoms with van der Waals surface area (Å²) in [7, 11) is 3.21. The molecule has 8 nitrogen and oxygen atoms in total. The van der Waals surface area contributed by atoms with Crippen LogP contribution in [0.3, 0.4) is 0 Å². The Morgan fingerprint density at radius 3 is 2.69 bits per heavy atom. The van der Waals surface area contributed by atoms with Crippen LogP contribution in [0.4, 0.5) is 0 Å². The molecule has 0 aliphatic heterocycles. The molecule has 164 valence electrons. The number of amides is 1. The second-order valence-corrected chi connectivity index (χ2v) is 7.21. The molecule has 2 aromatic heterocycles. The molecule has 0 radical (unpaired) electrons. The van der Waals surface area contributed by atoms with Crippen LogP contribution in [0, 0.1) is 6.92 Å². The van der Waals surface area contributed by atoms with Crippen LogP contribution in [0.1, 0.15) is 22.9 Å². The van der Waals surface area contributed by atoms with Gasteiger partial charge in [-0.15, -0.1) is 0 Å². The van der Waals surface area contributed by atoms with Crippen molar-refractivity contribution in [2.75, 3.05) is 14.2 Å². The summed E-state index contributed by atoms with van der Waals surface area (Å²) in [6.45, 7) is 1.93. The second kappa shape index (κ2) is 9.38. The first-order valence-electron chi connectivity index (χ1n) is 10.1. The van der Waals surface area contributed by atoms with E-state index in [1.165, 1.54) is 6.21 Å². The molecule has 0 atom stereocenters. The van der Waals surface area contributed by atoms with Crippen LogP contribution in [-0.4, -0.2) is 35.9 Å². The number of carbonyl (C=O) groups is 1. The van der Waals surface area contributed by atoms with E-state index >= 15 is 0 Å². The van der Waals surface area contributed by atoms with Gasteiger partial charge in [-0.2, -0.15) is 5.10 Å². The van der Waals surface area contributed by atoms with E-state index in [2.05, 4.69) is 10.5 Å². The minimum absolute atomic E-state index is 0.0810. The van der Waals surface area contributed by atoms with Crippen molar-refractivity contribution in [1.82, 2.24) is 15.0 Å². The number of hydrazone groups is 1. The van der Waals surface area contributed by atoms with Crippen LogP contribution in [-0.2, 0) is 17.8 Å². The number of ether oxygens (including phenoxy) is 2. The molecule has 1 amide bonds. The summed E-state index contributed by atoms with van der Waals surface area (Å²) < 4.78 is 18.0. The minimum Gasteiger partial charge on any atom is -0.493 e. The van der Waals surface area contributed by atoms with E-state index in [-0.39, 0.29) is 12.5 Å². The molecule has 2 heterocycles. The average molecular weight is 432 g/mol. The maximum absolute atomic E-state index is 12.6. The number of rotatable bonds is 8. The number of carbonyl (C=O) groups excluding carboxylic acids is 1. The lowest BCUT2D eigenvalue weighted by Crippen LogP contribution is -2.24. The molecule has 32 heavy (non-hydrogen) atoms. The topological polar surface area (TPSA) is 90.9 Å². The summed E-state index contributed by atoms with van der Waals surface area (Å²) in [5.74, 6) is 3.16. The van der Waals surface area contributed by atoms with E-state index in [1.807, 2.05) is 60.0 Å². The van der Waals surface area contributed by atoms with E-state index in [0.717, 1.165) is 28.2 Å². The molecule has 0 bridgehead atoms. The third-order valence-electron chi connectivity index (χ3n) is 4.99. The van der Waals surface area contributed by atoms with Gasteiger partial charge in [0.25, 0.3) is 5.91 Å². The van der Waals surface area contributed by atoms with Crippen molar-refractivity contribution >= 4 is 23.2 Å². The van der Waals surface area contributed by atoms with E-state index in [1.54, 1.807) is 20.3 Å². The van der Waals surface area contributed by atoms with Gasteiger partial charge in [0.15, 0.2) is 11.5 Å². The van der Waals surface area contributed by atoms with E-state index in [4.69, 9.17) is 18.9 Å². The van der Waals surface area contributed by atoms with Crippen molar-refractivity contribution in [3.8, 4) is 11.5 Å². The highest BCUT2D eigenvalue weighted by Crippen LogP contribution is 2.29. The maximum atomic E-state index is 12.6. The largest absolute Gasteiger partial charge is 0.493 e. The summed E-state index contributed by atoms with van der Waals surface area (Å²) in [6.07, 6.45) is 2.00. The van der Waals surface area contributed by atoms with Crippen molar-refractivity contribution < 1.29 is 18.7 Å². The van der Waals surface area contributed by atoms with Crippen molar-refractivity contribution in [3.05, 3.63) is 77.5 Å². The molecule has 2 aromatic carbocycles. The van der Waals surface area contributed by atoms with Gasteiger partial charge >= 0.3 is 0 Å². The minimum atomic E-state index is -0.263. The molecular formula is C24H24N4O4. The SMILES string of the molecule is COc1ccc(Cc2nc3ccccc3n2CC(=O)N/N=C\c2ccc(C)o2)cc1OC. The van der Waals surface area contributed by atoms with Gasteiger partial charge in [-0.05, 0) is 48.9 Å².